The fraction of sp³-hybridized carbons (Fsp3) is 0.207. The zero-order valence-corrected chi connectivity index (χ0v) is 20.3. The molecule has 6 nitrogen and oxygen atoms in total. The van der Waals surface area contributed by atoms with Gasteiger partial charge in [0.2, 0.25) is 5.91 Å². The van der Waals surface area contributed by atoms with Crippen LogP contribution < -0.4 is 5.73 Å². The maximum atomic E-state index is 13.6. The summed E-state index contributed by atoms with van der Waals surface area (Å²) in [4.78, 5) is 41.3. The van der Waals surface area contributed by atoms with Gasteiger partial charge >= 0.3 is 5.97 Å². The van der Waals surface area contributed by atoms with Gasteiger partial charge in [0.05, 0.1) is 10.7 Å². The summed E-state index contributed by atoms with van der Waals surface area (Å²) in [5, 5.41) is -1.13. The number of thioether (sulfide) groups is 1. The minimum Gasteiger partial charge on any atom is -0.451 e. The molecule has 182 valence electrons. The molecule has 2 heterocycles. The molecule has 7 heteroatoms. The third kappa shape index (κ3) is 4.47. The van der Waals surface area contributed by atoms with Crippen LogP contribution in [0, 0.1) is 5.92 Å². The first-order valence-corrected chi connectivity index (χ1v) is 12.7. The van der Waals surface area contributed by atoms with Crippen LogP contribution in [0.15, 0.2) is 103 Å². The van der Waals surface area contributed by atoms with E-state index in [1.807, 2.05) is 91.0 Å². The SMILES string of the molecule is C=C1C(N)S[C@@H]2[C@H](C(=O)Cc3ccccc3)C(=O)N2[C@H]1C(=O)OC(c1ccccc1)c1ccccc1. The van der Waals surface area contributed by atoms with Gasteiger partial charge in [0, 0.05) is 6.42 Å². The lowest BCUT2D eigenvalue weighted by atomic mass is 9.86. The van der Waals surface area contributed by atoms with Crippen molar-refractivity contribution in [2.45, 2.75) is 29.3 Å². The molecule has 2 aliphatic rings. The maximum absolute atomic E-state index is 13.6. The van der Waals surface area contributed by atoms with Crippen LogP contribution in [0.1, 0.15) is 22.8 Å². The average molecular weight is 499 g/mol. The fourth-order valence-electron chi connectivity index (χ4n) is 4.71. The molecule has 5 rings (SSSR count). The van der Waals surface area contributed by atoms with Crippen LogP contribution in [0.3, 0.4) is 0 Å². The van der Waals surface area contributed by atoms with Gasteiger partial charge in [0.1, 0.15) is 5.92 Å². The Bertz CT molecular complexity index is 1240. The van der Waals surface area contributed by atoms with E-state index < -0.39 is 34.8 Å². The normalized spacial score (nSPS) is 23.1. The van der Waals surface area contributed by atoms with Crippen LogP contribution in [-0.4, -0.2) is 39.3 Å². The Morgan fingerprint density at radius 1 is 0.917 bits per heavy atom. The summed E-state index contributed by atoms with van der Waals surface area (Å²) in [5.74, 6) is -2.03. The number of carbonyl (C=O) groups excluding carboxylic acids is 3. The van der Waals surface area contributed by atoms with Gasteiger partial charge in [-0.1, -0.05) is 97.6 Å². The summed E-state index contributed by atoms with van der Waals surface area (Å²) >= 11 is 1.28. The number of rotatable bonds is 7. The van der Waals surface area contributed by atoms with Crippen molar-refractivity contribution in [3.63, 3.8) is 0 Å². The highest BCUT2D eigenvalue weighted by molar-refractivity contribution is 8.00. The summed E-state index contributed by atoms with van der Waals surface area (Å²) in [6.45, 7) is 4.02. The lowest BCUT2D eigenvalue weighted by Crippen LogP contribution is -2.71. The van der Waals surface area contributed by atoms with Gasteiger partial charge in [0.15, 0.2) is 17.9 Å². The molecule has 0 aliphatic carbocycles. The zero-order chi connectivity index (χ0) is 25.2. The molecule has 3 aromatic rings. The predicted molar refractivity (Wildman–Crippen MR) is 139 cm³/mol. The van der Waals surface area contributed by atoms with E-state index in [2.05, 4.69) is 6.58 Å². The minimum atomic E-state index is -1.05. The van der Waals surface area contributed by atoms with E-state index in [4.69, 9.17) is 10.5 Å². The highest BCUT2D eigenvalue weighted by Gasteiger charge is 2.60. The molecule has 1 amide bonds. The van der Waals surface area contributed by atoms with E-state index in [1.165, 1.54) is 16.7 Å². The zero-order valence-electron chi connectivity index (χ0n) is 19.5. The first kappa shape index (κ1) is 24.0. The molecule has 0 radical (unpaired) electrons. The van der Waals surface area contributed by atoms with Crippen molar-refractivity contribution >= 4 is 29.4 Å². The maximum Gasteiger partial charge on any atom is 0.334 e. The Balaban J connectivity index is 1.38. The molecule has 1 unspecified atom stereocenters. The van der Waals surface area contributed by atoms with Crippen LogP contribution >= 0.6 is 11.8 Å². The van der Waals surface area contributed by atoms with Gasteiger partial charge < -0.3 is 15.4 Å². The topological polar surface area (TPSA) is 89.7 Å². The van der Waals surface area contributed by atoms with Crippen molar-refractivity contribution in [1.82, 2.24) is 4.90 Å². The molecule has 0 spiro atoms. The third-order valence-corrected chi connectivity index (χ3v) is 7.96. The number of esters is 1. The molecule has 0 saturated carbocycles. The van der Waals surface area contributed by atoms with Crippen LogP contribution in [0.25, 0.3) is 0 Å². The number of nitrogens with two attached hydrogens (primary N) is 1. The third-order valence-electron chi connectivity index (χ3n) is 6.59. The van der Waals surface area contributed by atoms with Crippen molar-refractivity contribution in [2.24, 2.45) is 11.7 Å². The molecule has 0 bridgehead atoms. The summed E-state index contributed by atoms with van der Waals surface area (Å²) in [7, 11) is 0. The number of ether oxygens (including phenoxy) is 1. The monoisotopic (exact) mass is 498 g/mol. The molecular weight excluding hydrogens is 472 g/mol. The van der Waals surface area contributed by atoms with Crippen molar-refractivity contribution in [1.29, 1.82) is 0 Å². The van der Waals surface area contributed by atoms with Crippen LogP contribution in [0.5, 0.6) is 0 Å². The van der Waals surface area contributed by atoms with Gasteiger partial charge in [-0.25, -0.2) is 4.79 Å². The summed E-state index contributed by atoms with van der Waals surface area (Å²) in [6.07, 6.45) is -0.513. The number of Topliss-reactive ketones (excluding diaryl/α,β-unsaturated/α-hetero) is 1. The summed E-state index contributed by atoms with van der Waals surface area (Å²) in [5.41, 5.74) is 9.16. The first-order chi connectivity index (χ1) is 17.5. The van der Waals surface area contributed by atoms with Crippen molar-refractivity contribution in [3.05, 3.63) is 120 Å². The number of ketones is 1. The van der Waals surface area contributed by atoms with Gasteiger partial charge in [-0.05, 0) is 22.3 Å². The Hall–Kier alpha value is -3.68. The first-order valence-electron chi connectivity index (χ1n) is 11.7. The van der Waals surface area contributed by atoms with E-state index in [9.17, 15) is 14.4 Å². The Labute approximate surface area is 214 Å². The van der Waals surface area contributed by atoms with E-state index in [-0.39, 0.29) is 18.1 Å². The minimum absolute atomic E-state index is 0.150. The number of hydrogen-bond acceptors (Lipinski definition) is 6. The predicted octanol–water partition coefficient (Wildman–Crippen LogP) is 3.87. The van der Waals surface area contributed by atoms with E-state index in [0.29, 0.717) is 5.57 Å². The number of amides is 1. The largest absolute Gasteiger partial charge is 0.451 e. The fourth-order valence-corrected chi connectivity index (χ4v) is 6.10. The molecule has 2 N–H and O–H groups in total. The molecule has 36 heavy (non-hydrogen) atoms. The second kappa shape index (κ2) is 10.1. The van der Waals surface area contributed by atoms with Crippen molar-refractivity contribution in [2.75, 3.05) is 0 Å². The molecule has 4 atom stereocenters. The van der Waals surface area contributed by atoms with Crippen LogP contribution in [0.4, 0.5) is 0 Å². The highest BCUT2D eigenvalue weighted by Crippen LogP contribution is 2.46. The number of hydrogen-bond donors (Lipinski definition) is 1. The van der Waals surface area contributed by atoms with Gasteiger partial charge in [0.25, 0.3) is 0 Å². The highest BCUT2D eigenvalue weighted by atomic mass is 32.2. The molecule has 2 saturated heterocycles. The number of nitrogens with zero attached hydrogens (tertiary/aromatic N) is 1. The summed E-state index contributed by atoms with van der Waals surface area (Å²) in [6, 6.07) is 27.1. The standard InChI is InChI=1S/C29H26N2O4S/c1-18-24(29(34)35-25(20-13-7-3-8-14-20)21-15-9-4-10-16-21)31-27(33)23(28(31)36-26(18)30)22(32)17-19-11-5-2-6-12-19/h2-16,23-26,28H,1,17,30H2/t23-,24-,26?,28-/m1/s1. The van der Waals surface area contributed by atoms with Gasteiger partial charge in [-0.2, -0.15) is 0 Å². The summed E-state index contributed by atoms with van der Waals surface area (Å²) < 4.78 is 6.03. The molecule has 0 aromatic heterocycles. The quantitative estimate of drug-likeness (QED) is 0.230. The lowest BCUT2D eigenvalue weighted by molar-refractivity contribution is -0.170. The van der Waals surface area contributed by atoms with Crippen LogP contribution in [0.2, 0.25) is 0 Å². The molecular formula is C29H26N2O4S. The molecule has 3 aromatic carbocycles. The van der Waals surface area contributed by atoms with E-state index in [0.717, 1.165) is 16.7 Å². The second-order valence-corrected chi connectivity index (χ2v) is 10.2. The van der Waals surface area contributed by atoms with E-state index >= 15 is 0 Å². The van der Waals surface area contributed by atoms with Gasteiger partial charge in [-0.15, -0.1) is 11.8 Å². The smallest absolute Gasteiger partial charge is 0.334 e. The number of carbonyl (C=O) groups is 3. The molecule has 2 aliphatic heterocycles. The Morgan fingerprint density at radius 2 is 1.44 bits per heavy atom. The van der Waals surface area contributed by atoms with E-state index in [1.54, 1.807) is 0 Å². The average Bonchev–Trinajstić information content (AvgIpc) is 2.90. The van der Waals surface area contributed by atoms with Crippen molar-refractivity contribution in [3.8, 4) is 0 Å². The van der Waals surface area contributed by atoms with Crippen LogP contribution in [-0.2, 0) is 25.5 Å². The number of β-lactam (4-membered cyclic amide) rings is 1. The van der Waals surface area contributed by atoms with Crippen molar-refractivity contribution < 1.29 is 19.1 Å². The van der Waals surface area contributed by atoms with Gasteiger partial charge in [-0.3, -0.25) is 9.59 Å². The Kier molecular flexibility index (Phi) is 6.76. The second-order valence-electron chi connectivity index (χ2n) is 8.91. The number of benzene rings is 3. The lowest BCUT2D eigenvalue weighted by Gasteiger charge is -2.53. The molecule has 2 fully saturated rings. The Morgan fingerprint density at radius 3 is 2.00 bits per heavy atom. The number of fused-ring (bicyclic) bond motifs is 1.